The Balaban J connectivity index is 1.39. The number of hydrogen-bond acceptors (Lipinski definition) is 5. The van der Waals surface area contributed by atoms with Crippen molar-refractivity contribution in [3.8, 4) is 6.07 Å². The van der Waals surface area contributed by atoms with E-state index in [0.717, 1.165) is 30.2 Å². The molecule has 2 N–H and O–H groups in total. The summed E-state index contributed by atoms with van der Waals surface area (Å²) in [7, 11) is 0. The van der Waals surface area contributed by atoms with Gasteiger partial charge in [0.1, 0.15) is 5.54 Å². The van der Waals surface area contributed by atoms with E-state index in [2.05, 4.69) is 21.6 Å². The van der Waals surface area contributed by atoms with Crippen LogP contribution in [0.2, 0.25) is 0 Å². The Morgan fingerprint density at radius 1 is 1.14 bits per heavy atom. The summed E-state index contributed by atoms with van der Waals surface area (Å²) in [5, 5.41) is 17.8. The molecule has 2 amide bonds. The van der Waals surface area contributed by atoms with Gasteiger partial charge >= 0.3 is 6.09 Å². The molecule has 1 aliphatic carbocycles. The fourth-order valence-corrected chi connectivity index (χ4v) is 5.32. The Labute approximate surface area is 207 Å². The molecular weight excluding hydrogens is 440 g/mol. The van der Waals surface area contributed by atoms with Gasteiger partial charge in [-0.15, -0.1) is 0 Å². The fourth-order valence-electron chi connectivity index (χ4n) is 5.32. The second kappa shape index (κ2) is 11.1. The zero-order chi connectivity index (χ0) is 24.8. The lowest BCUT2D eigenvalue weighted by molar-refractivity contribution is -0.131. The van der Waals surface area contributed by atoms with Gasteiger partial charge in [-0.2, -0.15) is 5.26 Å². The zero-order valence-corrected chi connectivity index (χ0v) is 20.8. The maximum Gasteiger partial charge on any atom is 0.412 e. The number of nitrogens with zero attached hydrogens (tertiary/aromatic N) is 2. The van der Waals surface area contributed by atoms with Gasteiger partial charge in [0.2, 0.25) is 0 Å². The van der Waals surface area contributed by atoms with Gasteiger partial charge in [0.05, 0.1) is 6.07 Å². The Kier molecular flexibility index (Phi) is 7.92. The van der Waals surface area contributed by atoms with Crippen LogP contribution in [-0.4, -0.2) is 47.7 Å². The number of nitriles is 1. The van der Waals surface area contributed by atoms with Gasteiger partial charge in [0.25, 0.3) is 5.91 Å². The molecule has 2 aromatic rings. The number of hydrogen-bond donors (Lipinski definition) is 2. The van der Waals surface area contributed by atoms with Gasteiger partial charge in [-0.3, -0.25) is 15.0 Å². The number of carbonyl (C=O) groups excluding carboxylic acids is 2. The minimum atomic E-state index is -0.968. The van der Waals surface area contributed by atoms with Crippen LogP contribution in [0.25, 0.3) is 10.8 Å². The first-order chi connectivity index (χ1) is 16.9. The number of amides is 2. The molecule has 0 bridgehead atoms. The van der Waals surface area contributed by atoms with Crippen LogP contribution in [-0.2, 0) is 9.53 Å². The van der Waals surface area contributed by atoms with E-state index in [1.165, 1.54) is 19.3 Å². The minimum Gasteiger partial charge on any atom is -0.436 e. The molecule has 1 saturated carbocycles. The molecule has 2 fully saturated rings. The highest BCUT2D eigenvalue weighted by atomic mass is 16.6. The average Bonchev–Trinajstić information content (AvgIpc) is 3.28. The standard InChI is InChI=1S/C28H36N4O3/c1-20(2)16-25(35-27(34)30-23-13-12-21-8-6-7-9-22(21)17-23)26(33)31-28(18-29)14-15-32(19-28)24-10-4-3-5-11-24/h6-9,12-13,17,20,24-25H,3-5,10-11,14-16,19H2,1-2H3,(H,30,34)(H,31,33). The lowest BCUT2D eigenvalue weighted by atomic mass is 9.94. The normalized spacial score (nSPS) is 22.0. The minimum absolute atomic E-state index is 0.138. The van der Waals surface area contributed by atoms with E-state index in [-0.39, 0.29) is 5.92 Å². The summed E-state index contributed by atoms with van der Waals surface area (Å²) in [5.41, 5.74) is -0.341. The molecule has 4 rings (SSSR count). The first kappa shape index (κ1) is 25.0. The van der Waals surface area contributed by atoms with Gasteiger partial charge in [0.15, 0.2) is 6.10 Å². The smallest absolute Gasteiger partial charge is 0.412 e. The molecule has 0 aromatic heterocycles. The van der Waals surface area contributed by atoms with Gasteiger partial charge in [-0.25, -0.2) is 4.79 Å². The Bertz CT molecular complexity index is 1090. The summed E-state index contributed by atoms with van der Waals surface area (Å²) in [5.74, 6) is -0.265. The predicted octanol–water partition coefficient (Wildman–Crippen LogP) is 5.22. The lowest BCUT2D eigenvalue weighted by Gasteiger charge is -2.32. The lowest BCUT2D eigenvalue weighted by Crippen LogP contribution is -2.54. The summed E-state index contributed by atoms with van der Waals surface area (Å²) in [6, 6.07) is 16.4. The van der Waals surface area contributed by atoms with Crippen LogP contribution in [0, 0.1) is 17.2 Å². The summed E-state index contributed by atoms with van der Waals surface area (Å²) >= 11 is 0. The third-order valence-electron chi connectivity index (χ3n) is 7.19. The molecule has 1 saturated heterocycles. The number of likely N-dealkylation sites (tertiary alicyclic amines) is 1. The third-order valence-corrected chi connectivity index (χ3v) is 7.19. The Morgan fingerprint density at radius 2 is 1.89 bits per heavy atom. The van der Waals surface area contributed by atoms with Crippen LogP contribution < -0.4 is 10.6 Å². The third kappa shape index (κ3) is 6.32. The topological polar surface area (TPSA) is 94.5 Å². The number of rotatable bonds is 7. The number of anilines is 1. The number of carbonyl (C=O) groups is 2. The molecular formula is C28H36N4O3. The molecule has 2 aliphatic rings. The Morgan fingerprint density at radius 3 is 2.60 bits per heavy atom. The monoisotopic (exact) mass is 476 g/mol. The van der Waals surface area contributed by atoms with Crippen molar-refractivity contribution < 1.29 is 14.3 Å². The highest BCUT2D eigenvalue weighted by Gasteiger charge is 2.43. The van der Waals surface area contributed by atoms with Crippen molar-refractivity contribution in [1.82, 2.24) is 10.2 Å². The summed E-state index contributed by atoms with van der Waals surface area (Å²) in [6.07, 6.45) is 5.36. The van der Waals surface area contributed by atoms with Crippen LogP contribution in [0.5, 0.6) is 0 Å². The van der Waals surface area contributed by atoms with E-state index in [1.807, 2.05) is 56.3 Å². The highest BCUT2D eigenvalue weighted by molar-refractivity contribution is 5.92. The number of nitrogens with one attached hydrogen (secondary N) is 2. The summed E-state index contributed by atoms with van der Waals surface area (Å²) in [4.78, 5) is 28.3. The molecule has 0 radical (unpaired) electrons. The molecule has 1 heterocycles. The van der Waals surface area contributed by atoms with Crippen molar-refractivity contribution in [1.29, 1.82) is 5.26 Å². The molecule has 2 unspecified atom stereocenters. The van der Waals surface area contributed by atoms with Crippen LogP contribution >= 0.6 is 0 Å². The van der Waals surface area contributed by atoms with Crippen LogP contribution in [0.3, 0.4) is 0 Å². The van der Waals surface area contributed by atoms with Gasteiger partial charge in [0, 0.05) is 24.8 Å². The van der Waals surface area contributed by atoms with Crippen molar-refractivity contribution in [2.75, 3.05) is 18.4 Å². The number of fused-ring (bicyclic) bond motifs is 1. The van der Waals surface area contributed by atoms with E-state index in [9.17, 15) is 14.9 Å². The van der Waals surface area contributed by atoms with Gasteiger partial charge < -0.3 is 10.1 Å². The second-order valence-corrected chi connectivity index (χ2v) is 10.4. The summed E-state index contributed by atoms with van der Waals surface area (Å²) < 4.78 is 5.60. The van der Waals surface area contributed by atoms with Crippen molar-refractivity contribution in [3.05, 3.63) is 42.5 Å². The number of ether oxygens (including phenoxy) is 1. The van der Waals surface area contributed by atoms with Crippen molar-refractivity contribution in [3.63, 3.8) is 0 Å². The predicted molar refractivity (Wildman–Crippen MR) is 137 cm³/mol. The molecule has 7 heteroatoms. The molecule has 35 heavy (non-hydrogen) atoms. The van der Waals surface area contributed by atoms with E-state index in [4.69, 9.17) is 4.74 Å². The maximum absolute atomic E-state index is 13.3. The maximum atomic E-state index is 13.3. The van der Waals surface area contributed by atoms with Crippen LogP contribution in [0.15, 0.2) is 42.5 Å². The van der Waals surface area contributed by atoms with E-state index >= 15 is 0 Å². The quantitative estimate of drug-likeness (QED) is 0.571. The molecule has 2 aromatic carbocycles. The van der Waals surface area contributed by atoms with E-state index in [0.29, 0.717) is 31.1 Å². The fraction of sp³-hybridized carbons (Fsp3) is 0.536. The molecule has 186 valence electrons. The van der Waals surface area contributed by atoms with Crippen molar-refractivity contribution >= 4 is 28.5 Å². The SMILES string of the molecule is CC(C)CC(OC(=O)Nc1ccc2ccccc2c1)C(=O)NC1(C#N)CCN(C2CCCCC2)C1. The first-order valence-corrected chi connectivity index (χ1v) is 12.8. The van der Waals surface area contributed by atoms with Gasteiger partial charge in [-0.1, -0.05) is 63.4 Å². The van der Waals surface area contributed by atoms with Crippen LogP contribution in [0.4, 0.5) is 10.5 Å². The molecule has 0 spiro atoms. The van der Waals surface area contributed by atoms with E-state index < -0.39 is 23.6 Å². The highest BCUT2D eigenvalue weighted by Crippen LogP contribution is 2.30. The first-order valence-electron chi connectivity index (χ1n) is 12.8. The van der Waals surface area contributed by atoms with Gasteiger partial charge in [-0.05, 0) is 54.5 Å². The zero-order valence-electron chi connectivity index (χ0n) is 20.8. The number of benzene rings is 2. The molecule has 7 nitrogen and oxygen atoms in total. The largest absolute Gasteiger partial charge is 0.436 e. The Hall–Kier alpha value is -3.11. The van der Waals surface area contributed by atoms with Crippen molar-refractivity contribution in [2.24, 2.45) is 5.92 Å². The summed E-state index contributed by atoms with van der Waals surface area (Å²) in [6.45, 7) is 5.28. The van der Waals surface area contributed by atoms with E-state index in [1.54, 1.807) is 0 Å². The van der Waals surface area contributed by atoms with Crippen molar-refractivity contribution in [2.45, 2.75) is 76.5 Å². The molecule has 2 atom stereocenters. The average molecular weight is 477 g/mol. The molecule has 1 aliphatic heterocycles. The second-order valence-electron chi connectivity index (χ2n) is 10.4. The van der Waals surface area contributed by atoms with Crippen LogP contribution in [0.1, 0.15) is 58.8 Å².